The number of methoxy groups -OCH3 is 3. The SMILES string of the molecule is CCOC(=O)c1ccc2c(=O)c(-c3ccc(OC)c(OC)c3)c(OC)oc2c1. The average molecular weight is 384 g/mol. The molecule has 0 aliphatic rings. The van der Waals surface area contributed by atoms with Gasteiger partial charge in [-0.15, -0.1) is 0 Å². The number of hydrogen-bond donors (Lipinski definition) is 0. The number of esters is 1. The molecule has 0 atom stereocenters. The minimum atomic E-state index is -0.491. The first kappa shape index (κ1) is 19.3. The van der Waals surface area contributed by atoms with E-state index in [4.69, 9.17) is 23.4 Å². The summed E-state index contributed by atoms with van der Waals surface area (Å²) in [6.45, 7) is 1.97. The molecule has 1 aromatic heterocycles. The van der Waals surface area contributed by atoms with Gasteiger partial charge in [0.1, 0.15) is 11.1 Å². The van der Waals surface area contributed by atoms with Crippen molar-refractivity contribution in [1.82, 2.24) is 0 Å². The monoisotopic (exact) mass is 384 g/mol. The third-order valence-electron chi connectivity index (χ3n) is 4.23. The standard InChI is InChI=1S/C21H20O7/c1-5-27-20(23)13-6-8-14-16(11-13)28-21(26-4)18(19(14)22)12-7-9-15(24-2)17(10-12)25-3/h6-11H,5H2,1-4H3. The van der Waals surface area contributed by atoms with Crippen LogP contribution in [0.25, 0.3) is 22.1 Å². The molecule has 3 rings (SSSR count). The average Bonchev–Trinajstić information content (AvgIpc) is 2.72. The summed E-state index contributed by atoms with van der Waals surface area (Å²) in [5.74, 6) is 0.550. The second-order valence-electron chi connectivity index (χ2n) is 5.80. The van der Waals surface area contributed by atoms with Crippen LogP contribution in [0.15, 0.2) is 45.6 Å². The molecule has 0 bridgehead atoms. The van der Waals surface area contributed by atoms with Gasteiger partial charge in [-0.2, -0.15) is 0 Å². The lowest BCUT2D eigenvalue weighted by Gasteiger charge is -2.12. The van der Waals surface area contributed by atoms with E-state index in [1.54, 1.807) is 25.1 Å². The summed E-state index contributed by atoms with van der Waals surface area (Å²) < 4.78 is 26.6. The van der Waals surface area contributed by atoms with Crippen LogP contribution in [0.5, 0.6) is 17.4 Å². The van der Waals surface area contributed by atoms with Crippen LogP contribution in [0.3, 0.4) is 0 Å². The van der Waals surface area contributed by atoms with Crippen molar-refractivity contribution in [1.29, 1.82) is 0 Å². The highest BCUT2D eigenvalue weighted by Gasteiger charge is 2.20. The van der Waals surface area contributed by atoms with Crippen molar-refractivity contribution in [2.45, 2.75) is 6.92 Å². The first-order valence-corrected chi connectivity index (χ1v) is 8.58. The van der Waals surface area contributed by atoms with Crippen LogP contribution in [0.2, 0.25) is 0 Å². The molecule has 7 nitrogen and oxygen atoms in total. The van der Waals surface area contributed by atoms with Gasteiger partial charge in [-0.1, -0.05) is 6.07 Å². The fourth-order valence-corrected chi connectivity index (χ4v) is 2.90. The highest BCUT2D eigenvalue weighted by molar-refractivity contribution is 5.94. The number of hydrogen-bond acceptors (Lipinski definition) is 7. The second-order valence-corrected chi connectivity index (χ2v) is 5.80. The zero-order chi connectivity index (χ0) is 20.3. The predicted octanol–water partition coefficient (Wildman–Crippen LogP) is 3.66. The van der Waals surface area contributed by atoms with Gasteiger partial charge in [0.2, 0.25) is 5.43 Å². The van der Waals surface area contributed by atoms with E-state index in [0.717, 1.165) is 0 Å². The first-order valence-electron chi connectivity index (χ1n) is 8.58. The smallest absolute Gasteiger partial charge is 0.338 e. The predicted molar refractivity (Wildman–Crippen MR) is 104 cm³/mol. The van der Waals surface area contributed by atoms with Gasteiger partial charge in [0.25, 0.3) is 5.95 Å². The van der Waals surface area contributed by atoms with Crippen molar-refractivity contribution < 1.29 is 28.2 Å². The van der Waals surface area contributed by atoms with E-state index < -0.39 is 5.97 Å². The Hall–Kier alpha value is -3.48. The summed E-state index contributed by atoms with van der Waals surface area (Å²) >= 11 is 0. The molecular formula is C21H20O7. The van der Waals surface area contributed by atoms with Gasteiger partial charge in [-0.05, 0) is 42.8 Å². The van der Waals surface area contributed by atoms with Crippen molar-refractivity contribution in [3.8, 4) is 28.6 Å². The van der Waals surface area contributed by atoms with Crippen molar-refractivity contribution >= 4 is 16.9 Å². The van der Waals surface area contributed by atoms with E-state index >= 15 is 0 Å². The second kappa shape index (κ2) is 8.04. The van der Waals surface area contributed by atoms with E-state index in [1.165, 1.54) is 39.5 Å². The molecule has 1 heterocycles. The number of ether oxygens (including phenoxy) is 4. The lowest BCUT2D eigenvalue weighted by molar-refractivity contribution is 0.0526. The van der Waals surface area contributed by atoms with Crippen molar-refractivity contribution in [3.05, 3.63) is 52.2 Å². The zero-order valence-electron chi connectivity index (χ0n) is 16.0. The Balaban J connectivity index is 2.21. The number of benzene rings is 2. The van der Waals surface area contributed by atoms with Crippen molar-refractivity contribution in [2.75, 3.05) is 27.9 Å². The van der Waals surface area contributed by atoms with Crippen LogP contribution >= 0.6 is 0 Å². The number of carbonyl (C=O) groups is 1. The maximum atomic E-state index is 13.1. The Morgan fingerprint density at radius 2 is 1.71 bits per heavy atom. The maximum Gasteiger partial charge on any atom is 0.338 e. The van der Waals surface area contributed by atoms with Gasteiger partial charge < -0.3 is 23.4 Å². The summed E-state index contributed by atoms with van der Waals surface area (Å²) in [5, 5.41) is 0.318. The molecule has 0 aliphatic carbocycles. The van der Waals surface area contributed by atoms with Gasteiger partial charge in [0.05, 0.1) is 38.9 Å². The van der Waals surface area contributed by atoms with E-state index in [-0.39, 0.29) is 29.1 Å². The van der Waals surface area contributed by atoms with E-state index in [2.05, 4.69) is 0 Å². The largest absolute Gasteiger partial charge is 0.493 e. The molecule has 7 heteroatoms. The molecule has 146 valence electrons. The molecule has 0 N–H and O–H groups in total. The van der Waals surface area contributed by atoms with E-state index in [9.17, 15) is 9.59 Å². The highest BCUT2D eigenvalue weighted by atomic mass is 16.6. The minimum Gasteiger partial charge on any atom is -0.493 e. The lowest BCUT2D eigenvalue weighted by atomic mass is 10.0. The molecule has 0 saturated heterocycles. The topological polar surface area (TPSA) is 84.2 Å². The summed E-state index contributed by atoms with van der Waals surface area (Å²) in [4.78, 5) is 25.1. The van der Waals surface area contributed by atoms with Crippen molar-refractivity contribution in [2.24, 2.45) is 0 Å². The third kappa shape index (κ3) is 3.38. The Bertz CT molecular complexity index is 1080. The van der Waals surface area contributed by atoms with E-state index in [0.29, 0.717) is 28.0 Å². The molecule has 0 unspecified atom stereocenters. The summed E-state index contributed by atoms with van der Waals surface area (Å²) in [5.41, 5.74) is 1.04. The van der Waals surface area contributed by atoms with Crippen LogP contribution in [-0.4, -0.2) is 33.9 Å². The molecule has 0 amide bonds. The molecule has 0 fully saturated rings. The normalized spacial score (nSPS) is 10.6. The van der Waals surface area contributed by atoms with E-state index in [1.807, 2.05) is 0 Å². The maximum absolute atomic E-state index is 13.1. The van der Waals surface area contributed by atoms with Gasteiger partial charge in [-0.3, -0.25) is 4.79 Å². The van der Waals surface area contributed by atoms with Gasteiger partial charge in [0, 0.05) is 0 Å². The number of fused-ring (bicyclic) bond motifs is 1. The molecule has 0 radical (unpaired) electrons. The molecule has 3 aromatic rings. The van der Waals surface area contributed by atoms with Gasteiger partial charge >= 0.3 is 5.97 Å². The quantitative estimate of drug-likeness (QED) is 0.600. The fraction of sp³-hybridized carbons (Fsp3) is 0.238. The first-order chi connectivity index (χ1) is 13.5. The zero-order valence-corrected chi connectivity index (χ0v) is 16.0. The molecule has 0 aliphatic heterocycles. The van der Waals surface area contributed by atoms with Crippen LogP contribution in [0, 0.1) is 0 Å². The van der Waals surface area contributed by atoms with Gasteiger partial charge in [0.15, 0.2) is 11.5 Å². The Labute approximate surface area is 161 Å². The molecule has 28 heavy (non-hydrogen) atoms. The van der Waals surface area contributed by atoms with Crippen LogP contribution in [0.4, 0.5) is 0 Å². The van der Waals surface area contributed by atoms with Crippen LogP contribution in [0.1, 0.15) is 17.3 Å². The molecular weight excluding hydrogens is 364 g/mol. The van der Waals surface area contributed by atoms with Crippen LogP contribution in [-0.2, 0) is 4.74 Å². The third-order valence-corrected chi connectivity index (χ3v) is 4.23. The lowest BCUT2D eigenvalue weighted by Crippen LogP contribution is -2.09. The summed E-state index contributed by atoms with van der Waals surface area (Å²) in [6, 6.07) is 9.62. The molecule has 0 spiro atoms. The summed E-state index contributed by atoms with van der Waals surface area (Å²) in [7, 11) is 4.45. The molecule has 0 saturated carbocycles. The van der Waals surface area contributed by atoms with Gasteiger partial charge in [-0.25, -0.2) is 4.79 Å². The fourth-order valence-electron chi connectivity index (χ4n) is 2.90. The summed E-state index contributed by atoms with van der Waals surface area (Å²) in [6.07, 6.45) is 0. The van der Waals surface area contributed by atoms with Crippen LogP contribution < -0.4 is 19.6 Å². The van der Waals surface area contributed by atoms with Crippen molar-refractivity contribution in [3.63, 3.8) is 0 Å². The number of rotatable bonds is 6. The minimum absolute atomic E-state index is 0.0331. The Morgan fingerprint density at radius 3 is 2.36 bits per heavy atom. The number of carbonyl (C=O) groups excluding carboxylic acids is 1. The highest BCUT2D eigenvalue weighted by Crippen LogP contribution is 2.36. The Morgan fingerprint density at radius 1 is 0.964 bits per heavy atom. The Kier molecular flexibility index (Phi) is 5.54. The molecule has 2 aromatic carbocycles.